The monoisotopic (exact) mass is 164 g/mol. The van der Waals surface area contributed by atoms with Gasteiger partial charge in [0.25, 0.3) is 0 Å². The van der Waals surface area contributed by atoms with Gasteiger partial charge in [-0.3, -0.25) is 4.79 Å². The van der Waals surface area contributed by atoms with Gasteiger partial charge in [-0.2, -0.15) is 13.2 Å². The second-order valence-corrected chi connectivity index (χ2v) is 1.86. The molecular weight excluding hydrogens is 161 g/mol. The number of carbonyl (C=O) groups is 1. The maximum atomic E-state index is 11.7. The molecule has 1 heterocycles. The van der Waals surface area contributed by atoms with Gasteiger partial charge in [0.15, 0.2) is 6.29 Å². The molecule has 0 bridgehead atoms. The van der Waals surface area contributed by atoms with Gasteiger partial charge >= 0.3 is 6.18 Å². The molecule has 0 aromatic carbocycles. The Morgan fingerprint density at radius 2 is 2.09 bits per heavy atom. The zero-order chi connectivity index (χ0) is 8.48. The van der Waals surface area contributed by atoms with Crippen molar-refractivity contribution in [3.63, 3.8) is 0 Å². The fourth-order valence-electron chi connectivity index (χ4n) is 0.561. The van der Waals surface area contributed by atoms with Crippen LogP contribution >= 0.6 is 0 Å². The molecule has 0 spiro atoms. The summed E-state index contributed by atoms with van der Waals surface area (Å²) in [5.74, 6) is -1.15. The highest BCUT2D eigenvalue weighted by Crippen LogP contribution is 2.29. The number of hydrogen-bond acceptors (Lipinski definition) is 2. The van der Waals surface area contributed by atoms with Crippen LogP contribution in [0.3, 0.4) is 0 Å². The van der Waals surface area contributed by atoms with E-state index in [-0.39, 0.29) is 5.56 Å². The summed E-state index contributed by atoms with van der Waals surface area (Å²) in [6, 6.07) is 0.646. The molecule has 1 rings (SSSR count). The van der Waals surface area contributed by atoms with Crippen molar-refractivity contribution in [2.75, 3.05) is 0 Å². The summed E-state index contributed by atoms with van der Waals surface area (Å²) < 4.78 is 39.2. The van der Waals surface area contributed by atoms with Crippen LogP contribution in [0, 0.1) is 0 Å². The lowest BCUT2D eigenvalue weighted by molar-refractivity contribution is -0.153. The van der Waals surface area contributed by atoms with E-state index in [1.165, 1.54) is 0 Å². The predicted octanol–water partition coefficient (Wildman–Crippen LogP) is 2.11. The van der Waals surface area contributed by atoms with E-state index in [0.717, 1.165) is 6.26 Å². The Morgan fingerprint density at radius 3 is 2.36 bits per heavy atom. The van der Waals surface area contributed by atoms with Crippen molar-refractivity contribution in [3.05, 3.63) is 23.7 Å². The van der Waals surface area contributed by atoms with Crippen LogP contribution in [0.4, 0.5) is 13.2 Å². The number of carbonyl (C=O) groups excluding carboxylic acids is 1. The number of hydrogen-bond donors (Lipinski definition) is 0. The third-order valence-electron chi connectivity index (χ3n) is 1.04. The fraction of sp³-hybridized carbons (Fsp3) is 0.167. The molecule has 1 aromatic heterocycles. The third-order valence-corrected chi connectivity index (χ3v) is 1.04. The van der Waals surface area contributed by atoms with Crippen LogP contribution in [0.5, 0.6) is 0 Å². The number of aldehydes is 1. The van der Waals surface area contributed by atoms with Crippen LogP contribution in [0.15, 0.2) is 16.7 Å². The number of alkyl halides is 3. The van der Waals surface area contributed by atoms with Crippen LogP contribution in [0.1, 0.15) is 16.1 Å². The van der Waals surface area contributed by atoms with Crippen molar-refractivity contribution in [2.45, 2.75) is 6.18 Å². The highest BCUT2D eigenvalue weighted by Gasteiger charge is 2.34. The zero-order valence-corrected chi connectivity index (χ0v) is 5.18. The van der Waals surface area contributed by atoms with E-state index in [2.05, 4.69) is 4.42 Å². The molecule has 0 N–H and O–H groups in total. The molecule has 5 heteroatoms. The van der Waals surface area contributed by atoms with Crippen molar-refractivity contribution in [1.82, 2.24) is 0 Å². The van der Waals surface area contributed by atoms with E-state index in [1.807, 2.05) is 0 Å². The average Bonchev–Trinajstić information content (AvgIpc) is 2.32. The number of rotatable bonds is 1. The van der Waals surface area contributed by atoms with E-state index in [9.17, 15) is 18.0 Å². The minimum absolute atomic E-state index is 0.114. The number of furan rings is 1. The molecule has 0 aliphatic rings. The van der Waals surface area contributed by atoms with E-state index in [4.69, 9.17) is 0 Å². The van der Waals surface area contributed by atoms with E-state index in [1.54, 1.807) is 0 Å². The Morgan fingerprint density at radius 1 is 1.45 bits per heavy atom. The van der Waals surface area contributed by atoms with Gasteiger partial charge in [-0.05, 0) is 6.07 Å². The summed E-state index contributed by atoms with van der Waals surface area (Å²) in [5.41, 5.74) is -0.114. The fourth-order valence-corrected chi connectivity index (χ4v) is 0.561. The molecular formula is C6H3F3O2. The first-order valence-electron chi connectivity index (χ1n) is 2.65. The first kappa shape index (κ1) is 7.84. The van der Waals surface area contributed by atoms with E-state index in [0.29, 0.717) is 12.4 Å². The van der Waals surface area contributed by atoms with Gasteiger partial charge in [0.05, 0.1) is 5.56 Å². The van der Waals surface area contributed by atoms with E-state index >= 15 is 0 Å². The average molecular weight is 164 g/mol. The second-order valence-electron chi connectivity index (χ2n) is 1.86. The molecule has 0 saturated carbocycles. The topological polar surface area (TPSA) is 30.2 Å². The third kappa shape index (κ3) is 1.60. The quantitative estimate of drug-likeness (QED) is 0.595. The maximum Gasteiger partial charge on any atom is 0.449 e. The lowest BCUT2D eigenvalue weighted by Gasteiger charge is -1.98. The Hall–Kier alpha value is -1.26. The molecule has 60 valence electrons. The summed E-state index contributed by atoms with van der Waals surface area (Å²) in [4.78, 5) is 9.92. The summed E-state index contributed by atoms with van der Waals surface area (Å²) in [6.45, 7) is 0. The Kier molecular flexibility index (Phi) is 1.72. The SMILES string of the molecule is O=Cc1coc(C(F)(F)F)c1. The summed E-state index contributed by atoms with van der Waals surface area (Å²) in [7, 11) is 0. The van der Waals surface area contributed by atoms with Crippen LogP contribution in [-0.2, 0) is 6.18 Å². The van der Waals surface area contributed by atoms with Crippen LogP contribution in [-0.4, -0.2) is 6.29 Å². The summed E-state index contributed by atoms with van der Waals surface area (Å²) in [5, 5.41) is 0. The lowest BCUT2D eigenvalue weighted by Crippen LogP contribution is -2.02. The Labute approximate surface area is 59.6 Å². The summed E-state index contributed by atoms with van der Waals surface area (Å²) in [6.07, 6.45) is -3.46. The minimum atomic E-state index is -4.51. The smallest absolute Gasteiger partial charge is 0.449 e. The molecule has 0 aliphatic carbocycles. The van der Waals surface area contributed by atoms with Crippen molar-refractivity contribution < 1.29 is 22.4 Å². The zero-order valence-electron chi connectivity index (χ0n) is 5.18. The highest BCUT2D eigenvalue weighted by molar-refractivity contribution is 5.74. The van der Waals surface area contributed by atoms with Gasteiger partial charge < -0.3 is 4.42 Å². The van der Waals surface area contributed by atoms with Crippen molar-refractivity contribution in [2.24, 2.45) is 0 Å². The molecule has 0 saturated heterocycles. The largest absolute Gasteiger partial charge is 0.459 e. The molecule has 0 amide bonds. The van der Waals surface area contributed by atoms with Crippen LogP contribution < -0.4 is 0 Å². The van der Waals surface area contributed by atoms with Crippen molar-refractivity contribution in [3.8, 4) is 0 Å². The van der Waals surface area contributed by atoms with Crippen LogP contribution in [0.25, 0.3) is 0 Å². The number of halogens is 3. The molecule has 2 nitrogen and oxygen atoms in total. The minimum Gasteiger partial charge on any atom is -0.459 e. The van der Waals surface area contributed by atoms with Gasteiger partial charge in [0, 0.05) is 0 Å². The molecule has 11 heavy (non-hydrogen) atoms. The van der Waals surface area contributed by atoms with Crippen molar-refractivity contribution >= 4 is 6.29 Å². The van der Waals surface area contributed by atoms with E-state index < -0.39 is 11.9 Å². The second kappa shape index (κ2) is 2.41. The molecule has 1 aromatic rings. The molecule has 0 atom stereocenters. The first-order valence-corrected chi connectivity index (χ1v) is 2.65. The van der Waals surface area contributed by atoms with Gasteiger partial charge in [-0.15, -0.1) is 0 Å². The lowest BCUT2D eigenvalue weighted by atomic mass is 10.3. The van der Waals surface area contributed by atoms with Gasteiger partial charge in [-0.25, -0.2) is 0 Å². The molecule has 0 unspecified atom stereocenters. The van der Waals surface area contributed by atoms with Crippen molar-refractivity contribution in [1.29, 1.82) is 0 Å². The van der Waals surface area contributed by atoms with Gasteiger partial charge in [0.2, 0.25) is 5.76 Å². The Bertz CT molecular complexity index is 261. The first-order chi connectivity index (χ1) is 5.04. The molecule has 0 fully saturated rings. The normalized spacial score (nSPS) is 11.5. The molecule has 0 radical (unpaired) electrons. The predicted molar refractivity (Wildman–Crippen MR) is 29.1 cm³/mol. The standard InChI is InChI=1S/C6H3F3O2/c7-6(8,9)5-1-4(2-10)3-11-5/h1-3H. The maximum absolute atomic E-state index is 11.7. The Balaban J connectivity index is 2.98. The van der Waals surface area contributed by atoms with Gasteiger partial charge in [-0.1, -0.05) is 0 Å². The molecule has 0 aliphatic heterocycles. The van der Waals surface area contributed by atoms with Crippen LogP contribution in [0.2, 0.25) is 0 Å². The highest BCUT2D eigenvalue weighted by atomic mass is 19.4. The summed E-state index contributed by atoms with van der Waals surface area (Å²) >= 11 is 0. The van der Waals surface area contributed by atoms with Gasteiger partial charge in [0.1, 0.15) is 6.26 Å².